The van der Waals surface area contributed by atoms with Crippen LogP contribution in [0.15, 0.2) is 5.16 Å². The van der Waals surface area contributed by atoms with Crippen molar-refractivity contribution >= 4 is 6.21 Å². The Bertz CT molecular complexity index is 118. The van der Waals surface area contributed by atoms with E-state index in [1.165, 1.54) is 13.3 Å². The minimum Gasteiger partial charge on any atom is -0.399 e. The molecule has 0 saturated carbocycles. The second-order valence-corrected chi connectivity index (χ2v) is 0.988. The third kappa shape index (κ3) is 5.03. The zero-order valence-corrected chi connectivity index (χ0v) is 4.85. The molecule has 0 aliphatic carbocycles. The van der Waals surface area contributed by atoms with Crippen LogP contribution in [-0.2, 0) is 4.84 Å². The molecule has 0 saturated heterocycles. The summed E-state index contributed by atoms with van der Waals surface area (Å²) in [4.78, 5) is 4.33. The lowest BCUT2D eigenvalue weighted by molar-refractivity contribution is 0.216. The van der Waals surface area contributed by atoms with Gasteiger partial charge in [-0.2, -0.15) is 0 Å². The van der Waals surface area contributed by atoms with Gasteiger partial charge in [-0.05, 0) is 6.92 Å². The van der Waals surface area contributed by atoms with E-state index in [0.29, 0.717) is 6.42 Å². The lowest BCUT2D eigenvalue weighted by atomic mass is 10.5. The zero-order valence-electron chi connectivity index (χ0n) is 4.85. The molecule has 0 rings (SSSR count). The lowest BCUT2D eigenvalue weighted by Gasteiger charge is -1.76. The molecule has 0 aromatic heterocycles. The second-order valence-electron chi connectivity index (χ2n) is 0.988. The molecule has 0 spiro atoms. The SMILES string of the molecule is [CH2]CC#C/C=N/OC. The first-order valence-corrected chi connectivity index (χ1v) is 2.24. The first-order chi connectivity index (χ1) is 3.91. The summed E-state index contributed by atoms with van der Waals surface area (Å²) >= 11 is 0. The van der Waals surface area contributed by atoms with Gasteiger partial charge in [0.15, 0.2) is 0 Å². The fourth-order valence-electron chi connectivity index (χ4n) is 0.197. The minimum atomic E-state index is 0.607. The van der Waals surface area contributed by atoms with Crippen LogP contribution in [0.4, 0.5) is 0 Å². The van der Waals surface area contributed by atoms with Gasteiger partial charge in [-0.25, -0.2) is 0 Å². The van der Waals surface area contributed by atoms with Crippen LogP contribution in [0.5, 0.6) is 0 Å². The maximum atomic E-state index is 4.33. The van der Waals surface area contributed by atoms with Gasteiger partial charge in [0.05, 0.1) is 0 Å². The van der Waals surface area contributed by atoms with E-state index in [9.17, 15) is 0 Å². The topological polar surface area (TPSA) is 21.6 Å². The predicted octanol–water partition coefficient (Wildman–Crippen LogP) is 0.846. The van der Waals surface area contributed by atoms with E-state index in [0.717, 1.165) is 0 Å². The average Bonchev–Trinajstić information content (AvgIpc) is 1.81. The maximum absolute atomic E-state index is 4.33. The molecular formula is C6H8NO. The molecule has 0 bridgehead atoms. The quantitative estimate of drug-likeness (QED) is 0.278. The molecule has 0 aliphatic rings. The summed E-state index contributed by atoms with van der Waals surface area (Å²) in [5, 5.41) is 3.38. The number of oxime groups is 1. The molecule has 0 amide bonds. The van der Waals surface area contributed by atoms with Crippen molar-refractivity contribution in [3.8, 4) is 11.8 Å². The molecule has 0 fully saturated rings. The van der Waals surface area contributed by atoms with E-state index in [1.54, 1.807) is 0 Å². The average molecular weight is 110 g/mol. The third-order valence-electron chi connectivity index (χ3n) is 0.450. The standard InChI is InChI=1S/C6H8NO/c1-3-4-5-6-7-8-2/h6H,1,3H2,2H3/b7-6+. The Morgan fingerprint density at radius 3 is 3.12 bits per heavy atom. The van der Waals surface area contributed by atoms with Crippen molar-refractivity contribution in [3.05, 3.63) is 6.92 Å². The van der Waals surface area contributed by atoms with Crippen molar-refractivity contribution in [1.82, 2.24) is 0 Å². The summed E-state index contributed by atoms with van der Waals surface area (Å²) in [5.74, 6) is 5.30. The van der Waals surface area contributed by atoms with Gasteiger partial charge in [0.25, 0.3) is 0 Å². The predicted molar refractivity (Wildman–Crippen MR) is 33.3 cm³/mol. The molecule has 43 valence electrons. The van der Waals surface area contributed by atoms with Crippen molar-refractivity contribution in [2.24, 2.45) is 5.16 Å². The molecule has 2 nitrogen and oxygen atoms in total. The van der Waals surface area contributed by atoms with E-state index in [1.807, 2.05) is 0 Å². The van der Waals surface area contributed by atoms with Gasteiger partial charge < -0.3 is 4.84 Å². The third-order valence-corrected chi connectivity index (χ3v) is 0.450. The molecule has 0 heterocycles. The van der Waals surface area contributed by atoms with Gasteiger partial charge in [0.1, 0.15) is 13.3 Å². The van der Waals surface area contributed by atoms with Crippen LogP contribution in [0.1, 0.15) is 6.42 Å². The molecular weight excluding hydrogens is 102 g/mol. The van der Waals surface area contributed by atoms with E-state index < -0.39 is 0 Å². The van der Waals surface area contributed by atoms with Crippen LogP contribution >= 0.6 is 0 Å². The van der Waals surface area contributed by atoms with E-state index in [2.05, 4.69) is 28.8 Å². The number of hydrogen-bond donors (Lipinski definition) is 0. The van der Waals surface area contributed by atoms with Crippen molar-refractivity contribution in [2.75, 3.05) is 7.11 Å². The summed E-state index contributed by atoms with van der Waals surface area (Å²) in [6, 6.07) is 0. The molecule has 0 N–H and O–H groups in total. The summed E-state index contributed by atoms with van der Waals surface area (Å²) in [5.41, 5.74) is 0. The smallest absolute Gasteiger partial charge is 0.116 e. The highest BCUT2D eigenvalue weighted by Crippen LogP contribution is 1.64. The van der Waals surface area contributed by atoms with Gasteiger partial charge in [-0.3, -0.25) is 0 Å². The molecule has 0 atom stereocenters. The summed E-state index contributed by atoms with van der Waals surface area (Å²) in [7, 11) is 1.47. The Labute approximate surface area is 49.5 Å². The van der Waals surface area contributed by atoms with Gasteiger partial charge in [0.2, 0.25) is 0 Å². The van der Waals surface area contributed by atoms with Gasteiger partial charge in [-0.1, -0.05) is 17.0 Å². The molecule has 8 heavy (non-hydrogen) atoms. The Hall–Kier alpha value is -0.970. The molecule has 0 aromatic carbocycles. The largest absolute Gasteiger partial charge is 0.399 e. The van der Waals surface area contributed by atoms with Crippen LogP contribution in [-0.4, -0.2) is 13.3 Å². The molecule has 0 aromatic rings. The Morgan fingerprint density at radius 2 is 2.62 bits per heavy atom. The van der Waals surface area contributed by atoms with Crippen molar-refractivity contribution in [3.63, 3.8) is 0 Å². The number of hydrogen-bond acceptors (Lipinski definition) is 2. The fraction of sp³-hybridized carbons (Fsp3) is 0.333. The van der Waals surface area contributed by atoms with Crippen LogP contribution in [0, 0.1) is 18.8 Å². The maximum Gasteiger partial charge on any atom is 0.116 e. The minimum absolute atomic E-state index is 0.607. The normalized spacial score (nSPS) is 8.25. The monoisotopic (exact) mass is 110 g/mol. The van der Waals surface area contributed by atoms with Crippen LogP contribution in [0.25, 0.3) is 0 Å². The molecule has 1 radical (unpaired) electrons. The molecule has 0 aliphatic heterocycles. The van der Waals surface area contributed by atoms with Gasteiger partial charge in [-0.15, -0.1) is 0 Å². The van der Waals surface area contributed by atoms with Crippen molar-refractivity contribution < 1.29 is 4.84 Å². The highest BCUT2D eigenvalue weighted by Gasteiger charge is 1.59. The van der Waals surface area contributed by atoms with Crippen LogP contribution in [0.3, 0.4) is 0 Å². The Balaban J connectivity index is 3.26. The van der Waals surface area contributed by atoms with Gasteiger partial charge in [0, 0.05) is 6.42 Å². The fourth-order valence-corrected chi connectivity index (χ4v) is 0.197. The van der Waals surface area contributed by atoms with Crippen molar-refractivity contribution in [1.29, 1.82) is 0 Å². The van der Waals surface area contributed by atoms with Gasteiger partial charge >= 0.3 is 0 Å². The van der Waals surface area contributed by atoms with E-state index in [4.69, 9.17) is 0 Å². The Kier molecular flexibility index (Phi) is 5.30. The number of rotatable bonds is 1. The van der Waals surface area contributed by atoms with E-state index in [-0.39, 0.29) is 0 Å². The lowest BCUT2D eigenvalue weighted by Crippen LogP contribution is -1.68. The first kappa shape index (κ1) is 7.03. The summed E-state index contributed by atoms with van der Waals surface area (Å²) in [6.07, 6.45) is 2.00. The molecule has 2 heteroatoms. The van der Waals surface area contributed by atoms with Crippen LogP contribution < -0.4 is 0 Å². The Morgan fingerprint density at radius 1 is 1.88 bits per heavy atom. The second kappa shape index (κ2) is 6.03. The first-order valence-electron chi connectivity index (χ1n) is 2.24. The summed E-state index contributed by atoms with van der Waals surface area (Å²) in [6.45, 7) is 3.51. The molecule has 0 unspecified atom stereocenters. The highest BCUT2D eigenvalue weighted by molar-refractivity contribution is 5.77. The number of nitrogens with zero attached hydrogens (tertiary/aromatic N) is 1. The zero-order chi connectivity index (χ0) is 6.24. The van der Waals surface area contributed by atoms with E-state index >= 15 is 0 Å². The highest BCUT2D eigenvalue weighted by atomic mass is 16.6. The van der Waals surface area contributed by atoms with Crippen LogP contribution in [0.2, 0.25) is 0 Å². The summed E-state index contributed by atoms with van der Waals surface area (Å²) < 4.78 is 0. The van der Waals surface area contributed by atoms with Crippen molar-refractivity contribution in [2.45, 2.75) is 6.42 Å².